The maximum atomic E-state index is 11.2. The predicted molar refractivity (Wildman–Crippen MR) is 45.1 cm³/mol. The Bertz CT molecular complexity index is 181. The van der Waals surface area contributed by atoms with Gasteiger partial charge < -0.3 is 16.4 Å². The summed E-state index contributed by atoms with van der Waals surface area (Å²) in [4.78, 5) is 22.8. The van der Waals surface area contributed by atoms with Gasteiger partial charge in [-0.25, -0.2) is 0 Å². The zero-order valence-corrected chi connectivity index (χ0v) is 7.41. The highest BCUT2D eigenvalue weighted by Gasteiger charge is 2.16. The van der Waals surface area contributed by atoms with E-state index in [9.17, 15) is 9.59 Å². The van der Waals surface area contributed by atoms with Crippen molar-refractivity contribution in [3.63, 3.8) is 0 Å². The molecule has 0 rings (SSSR count). The number of likely N-dealkylation sites (N-methyl/N-ethyl adjacent to an activating group) is 1. The molecule has 0 aromatic heterocycles. The molecule has 0 radical (unpaired) electrons. The highest BCUT2D eigenvalue weighted by Crippen LogP contribution is 1.92. The Morgan fingerprint density at radius 1 is 1.50 bits per heavy atom. The molecule has 0 aromatic carbocycles. The Morgan fingerprint density at radius 2 is 2.00 bits per heavy atom. The molecule has 1 atom stereocenters. The molecule has 0 heterocycles. The summed E-state index contributed by atoms with van der Waals surface area (Å²) in [6.45, 7) is 1.73. The van der Waals surface area contributed by atoms with E-state index in [4.69, 9.17) is 11.5 Å². The second-order valence-electron chi connectivity index (χ2n) is 2.68. The van der Waals surface area contributed by atoms with Gasteiger partial charge in [0.2, 0.25) is 11.8 Å². The first kappa shape index (κ1) is 10.9. The summed E-state index contributed by atoms with van der Waals surface area (Å²) in [6, 6.07) is -0.533. The van der Waals surface area contributed by atoms with Crippen molar-refractivity contribution in [1.29, 1.82) is 0 Å². The lowest BCUT2D eigenvalue weighted by Crippen LogP contribution is -2.44. The van der Waals surface area contributed by atoms with Crippen LogP contribution >= 0.6 is 0 Å². The summed E-state index contributed by atoms with van der Waals surface area (Å²) in [6.07, 6.45) is 0.557. The van der Waals surface area contributed by atoms with Crippen LogP contribution in [-0.4, -0.2) is 36.3 Å². The van der Waals surface area contributed by atoms with Gasteiger partial charge in [-0.3, -0.25) is 9.59 Å². The van der Waals surface area contributed by atoms with Crippen molar-refractivity contribution in [3.8, 4) is 0 Å². The Balaban J connectivity index is 4.01. The molecule has 70 valence electrons. The number of carbonyl (C=O) groups is 2. The van der Waals surface area contributed by atoms with Crippen LogP contribution in [0.5, 0.6) is 0 Å². The maximum absolute atomic E-state index is 11.2. The molecule has 0 saturated carbocycles. The lowest BCUT2D eigenvalue weighted by molar-refractivity contribution is -0.134. The molecule has 4 N–H and O–H groups in total. The summed E-state index contributed by atoms with van der Waals surface area (Å²) < 4.78 is 0. The number of hydrogen-bond acceptors (Lipinski definition) is 3. The summed E-state index contributed by atoms with van der Waals surface area (Å²) in [5, 5.41) is 0. The minimum Gasteiger partial charge on any atom is -0.368 e. The van der Waals surface area contributed by atoms with E-state index in [2.05, 4.69) is 0 Å². The number of primary amides is 1. The number of hydrogen-bond donors (Lipinski definition) is 2. The van der Waals surface area contributed by atoms with Crippen molar-refractivity contribution in [1.82, 2.24) is 4.90 Å². The van der Waals surface area contributed by atoms with Crippen LogP contribution in [0.15, 0.2) is 0 Å². The molecular weight excluding hydrogens is 158 g/mol. The lowest BCUT2D eigenvalue weighted by atomic mass is 10.2. The van der Waals surface area contributed by atoms with E-state index in [1.54, 1.807) is 6.92 Å². The van der Waals surface area contributed by atoms with E-state index < -0.39 is 11.9 Å². The minimum atomic E-state index is -0.533. The van der Waals surface area contributed by atoms with Crippen molar-refractivity contribution in [2.24, 2.45) is 11.5 Å². The largest absolute Gasteiger partial charge is 0.368 e. The smallest absolute Gasteiger partial charge is 0.239 e. The van der Waals surface area contributed by atoms with E-state index in [1.807, 2.05) is 0 Å². The van der Waals surface area contributed by atoms with Gasteiger partial charge in [-0.15, -0.1) is 0 Å². The van der Waals surface area contributed by atoms with Crippen LogP contribution in [-0.2, 0) is 9.59 Å². The second kappa shape index (κ2) is 4.71. The van der Waals surface area contributed by atoms with Gasteiger partial charge in [-0.1, -0.05) is 6.92 Å². The molecule has 0 aliphatic heterocycles. The second-order valence-corrected chi connectivity index (χ2v) is 2.68. The van der Waals surface area contributed by atoms with Crippen molar-refractivity contribution in [2.45, 2.75) is 19.4 Å². The topological polar surface area (TPSA) is 89.4 Å². The standard InChI is InChI=1S/C7H15N3O2/c1-3-5(8)7(12)10(2)4-6(9)11/h5H,3-4,8H2,1-2H3,(H2,9,11)/t5-/m0/s1. The molecule has 5 nitrogen and oxygen atoms in total. The fraction of sp³-hybridized carbons (Fsp3) is 0.714. The average Bonchev–Trinajstić information content (AvgIpc) is 2.00. The van der Waals surface area contributed by atoms with Gasteiger partial charge in [-0.05, 0) is 6.42 Å². The number of amides is 2. The van der Waals surface area contributed by atoms with Gasteiger partial charge >= 0.3 is 0 Å². The third-order valence-corrected chi connectivity index (χ3v) is 1.53. The van der Waals surface area contributed by atoms with Crippen LogP contribution in [0.1, 0.15) is 13.3 Å². The van der Waals surface area contributed by atoms with Gasteiger partial charge in [0.05, 0.1) is 12.6 Å². The first-order valence-electron chi connectivity index (χ1n) is 3.77. The Labute approximate surface area is 71.7 Å². The van der Waals surface area contributed by atoms with Crippen LogP contribution in [0.2, 0.25) is 0 Å². The quantitative estimate of drug-likeness (QED) is 0.551. The van der Waals surface area contributed by atoms with Crippen LogP contribution in [0.3, 0.4) is 0 Å². The number of nitrogens with two attached hydrogens (primary N) is 2. The van der Waals surface area contributed by atoms with Crippen LogP contribution in [0.4, 0.5) is 0 Å². The Hall–Kier alpha value is -1.10. The minimum absolute atomic E-state index is 0.0769. The number of carbonyl (C=O) groups excluding carboxylic acids is 2. The molecule has 5 heteroatoms. The summed E-state index contributed by atoms with van der Waals surface area (Å²) in [7, 11) is 1.50. The molecule has 0 aliphatic carbocycles. The SMILES string of the molecule is CC[C@H](N)C(=O)N(C)CC(N)=O. The molecular formula is C7H15N3O2. The fourth-order valence-corrected chi connectivity index (χ4v) is 0.769. The van der Waals surface area contributed by atoms with Gasteiger partial charge in [0.15, 0.2) is 0 Å². The predicted octanol–water partition coefficient (Wildman–Crippen LogP) is -1.33. The van der Waals surface area contributed by atoms with E-state index in [0.717, 1.165) is 0 Å². The normalized spacial score (nSPS) is 12.2. The molecule has 0 fully saturated rings. The summed E-state index contributed by atoms with van der Waals surface area (Å²) in [5.74, 6) is -0.787. The van der Waals surface area contributed by atoms with Gasteiger partial charge in [0.25, 0.3) is 0 Å². The van der Waals surface area contributed by atoms with Crippen molar-refractivity contribution in [3.05, 3.63) is 0 Å². The van der Waals surface area contributed by atoms with Gasteiger partial charge in [0.1, 0.15) is 0 Å². The van der Waals surface area contributed by atoms with Gasteiger partial charge in [0, 0.05) is 7.05 Å². The molecule has 0 bridgehead atoms. The van der Waals surface area contributed by atoms with Crippen LogP contribution in [0, 0.1) is 0 Å². The Kier molecular flexibility index (Phi) is 4.28. The van der Waals surface area contributed by atoms with E-state index >= 15 is 0 Å². The highest BCUT2D eigenvalue weighted by atomic mass is 16.2. The highest BCUT2D eigenvalue weighted by molar-refractivity contribution is 5.86. The van der Waals surface area contributed by atoms with Crippen LogP contribution < -0.4 is 11.5 Å². The number of nitrogens with zero attached hydrogens (tertiary/aromatic N) is 1. The first-order chi connectivity index (χ1) is 5.49. The molecule has 0 aliphatic rings. The third kappa shape index (κ3) is 3.34. The molecule has 0 unspecified atom stereocenters. The monoisotopic (exact) mass is 173 g/mol. The third-order valence-electron chi connectivity index (χ3n) is 1.53. The number of rotatable bonds is 4. The van der Waals surface area contributed by atoms with Crippen LogP contribution in [0.25, 0.3) is 0 Å². The zero-order chi connectivity index (χ0) is 9.72. The molecule has 0 spiro atoms. The van der Waals surface area contributed by atoms with E-state index in [0.29, 0.717) is 6.42 Å². The molecule has 0 aromatic rings. The summed E-state index contributed by atoms with van der Waals surface area (Å²) >= 11 is 0. The summed E-state index contributed by atoms with van der Waals surface area (Å²) in [5.41, 5.74) is 10.3. The molecule has 0 saturated heterocycles. The molecule has 12 heavy (non-hydrogen) atoms. The first-order valence-corrected chi connectivity index (χ1v) is 3.77. The van der Waals surface area contributed by atoms with Crippen molar-refractivity contribution >= 4 is 11.8 Å². The van der Waals surface area contributed by atoms with Gasteiger partial charge in [-0.2, -0.15) is 0 Å². The Morgan fingerprint density at radius 3 is 2.33 bits per heavy atom. The fourth-order valence-electron chi connectivity index (χ4n) is 0.769. The van der Waals surface area contributed by atoms with Crippen molar-refractivity contribution in [2.75, 3.05) is 13.6 Å². The zero-order valence-electron chi connectivity index (χ0n) is 7.41. The van der Waals surface area contributed by atoms with Crippen molar-refractivity contribution < 1.29 is 9.59 Å². The molecule has 2 amide bonds. The maximum Gasteiger partial charge on any atom is 0.239 e. The average molecular weight is 173 g/mol. The van der Waals surface area contributed by atoms with E-state index in [-0.39, 0.29) is 12.5 Å². The van der Waals surface area contributed by atoms with E-state index in [1.165, 1.54) is 11.9 Å². The lowest BCUT2D eigenvalue weighted by Gasteiger charge is -2.18.